The van der Waals surface area contributed by atoms with Gasteiger partial charge in [-0.15, -0.1) is 0 Å². The molecule has 1 aromatic carbocycles. The summed E-state index contributed by atoms with van der Waals surface area (Å²) in [6.45, 7) is -0.824. The van der Waals surface area contributed by atoms with Crippen molar-refractivity contribution < 1.29 is 50.2 Å². The van der Waals surface area contributed by atoms with Crippen LogP contribution >= 0.6 is 11.6 Å². The molecule has 1 N–H and O–H groups in total. The number of aliphatic carboxylic acids is 1. The van der Waals surface area contributed by atoms with Crippen molar-refractivity contribution in [1.82, 2.24) is 14.7 Å². The van der Waals surface area contributed by atoms with Crippen LogP contribution in [0.1, 0.15) is 77.9 Å². The van der Waals surface area contributed by atoms with Crippen LogP contribution in [0.5, 0.6) is 0 Å². The van der Waals surface area contributed by atoms with E-state index in [1.54, 1.807) is 0 Å². The van der Waals surface area contributed by atoms with Crippen molar-refractivity contribution in [3.63, 3.8) is 0 Å². The second-order valence-electron chi connectivity index (χ2n) is 10.9. The quantitative estimate of drug-likeness (QED) is 0.269. The number of halogens is 8. The van der Waals surface area contributed by atoms with Gasteiger partial charge in [0, 0.05) is 6.54 Å². The minimum absolute atomic E-state index is 0.00758. The van der Waals surface area contributed by atoms with Crippen molar-refractivity contribution >= 4 is 29.3 Å². The Kier molecular flexibility index (Phi) is 7.95. The van der Waals surface area contributed by atoms with Crippen LogP contribution in [0.4, 0.5) is 30.7 Å². The summed E-state index contributed by atoms with van der Waals surface area (Å²) < 4.78 is 99.3. The summed E-state index contributed by atoms with van der Waals surface area (Å²) in [6.07, 6.45) is -10.2. The Bertz CT molecular complexity index is 1340. The predicted octanol–water partition coefficient (Wildman–Crippen LogP) is 6.57. The normalized spacial score (nSPS) is 22.3. The van der Waals surface area contributed by atoms with E-state index in [0.29, 0.717) is 15.8 Å². The SMILES string of the molecule is C[C@]1(C(=O)O)CC[C@H](n2ncc(C(=O)N(CC(=O)c3c(F)cccc3Cl)CC3(C(F)(F)F)CC3)c2C(F)(F)F)CC1. The molecule has 2 saturated carbocycles. The number of amides is 1. The molecule has 1 aromatic heterocycles. The monoisotopic (exact) mass is 611 g/mol. The molecule has 0 unspecified atom stereocenters. The number of Topliss-reactive ketones (excluding diaryl/α,β-unsaturated/α-hetero) is 1. The molecule has 0 atom stereocenters. The van der Waals surface area contributed by atoms with Crippen molar-refractivity contribution in [1.29, 1.82) is 0 Å². The molecular formula is C26H25ClF7N3O4. The molecular weight excluding hydrogens is 587 g/mol. The van der Waals surface area contributed by atoms with E-state index in [2.05, 4.69) is 5.10 Å². The molecule has 0 saturated heterocycles. The Morgan fingerprint density at radius 1 is 1.10 bits per heavy atom. The number of carboxylic acids is 1. The van der Waals surface area contributed by atoms with Crippen LogP contribution in [0.2, 0.25) is 5.02 Å². The van der Waals surface area contributed by atoms with Gasteiger partial charge >= 0.3 is 18.3 Å². The fraction of sp³-hybridized carbons (Fsp3) is 0.538. The number of nitrogens with zero attached hydrogens (tertiary/aromatic N) is 3. The van der Waals surface area contributed by atoms with Gasteiger partial charge in [-0.3, -0.25) is 19.1 Å². The van der Waals surface area contributed by atoms with Crippen molar-refractivity contribution in [2.75, 3.05) is 13.1 Å². The highest BCUT2D eigenvalue weighted by molar-refractivity contribution is 6.34. The topological polar surface area (TPSA) is 92.5 Å². The summed E-state index contributed by atoms with van der Waals surface area (Å²) in [4.78, 5) is 38.3. The Morgan fingerprint density at radius 2 is 1.71 bits per heavy atom. The van der Waals surface area contributed by atoms with Gasteiger partial charge in [0.2, 0.25) is 0 Å². The Balaban J connectivity index is 1.71. The molecule has 7 nitrogen and oxygen atoms in total. The van der Waals surface area contributed by atoms with Crippen molar-refractivity contribution in [3.05, 3.63) is 52.1 Å². The third kappa shape index (κ3) is 5.93. The van der Waals surface area contributed by atoms with Crippen molar-refractivity contribution in [2.24, 2.45) is 10.8 Å². The zero-order valence-electron chi connectivity index (χ0n) is 21.6. The van der Waals surface area contributed by atoms with E-state index in [0.717, 1.165) is 12.1 Å². The predicted molar refractivity (Wildman–Crippen MR) is 130 cm³/mol. The average molecular weight is 612 g/mol. The molecule has 0 radical (unpaired) electrons. The van der Waals surface area contributed by atoms with Crippen LogP contribution < -0.4 is 0 Å². The Morgan fingerprint density at radius 3 is 2.20 bits per heavy atom. The number of alkyl halides is 6. The van der Waals surface area contributed by atoms with Gasteiger partial charge < -0.3 is 10.0 Å². The maximum absolute atomic E-state index is 14.4. The van der Waals surface area contributed by atoms with Gasteiger partial charge in [0.15, 0.2) is 11.5 Å². The first-order chi connectivity index (χ1) is 18.9. The number of ketones is 1. The highest BCUT2D eigenvalue weighted by Gasteiger charge is 2.64. The van der Waals surface area contributed by atoms with Crippen LogP contribution in [-0.2, 0) is 11.0 Å². The summed E-state index contributed by atoms with van der Waals surface area (Å²) >= 11 is 5.89. The van der Waals surface area contributed by atoms with E-state index in [1.807, 2.05) is 0 Å². The molecule has 0 bridgehead atoms. The third-order valence-electron chi connectivity index (χ3n) is 8.03. The highest BCUT2D eigenvalue weighted by atomic mass is 35.5. The molecule has 2 aliphatic carbocycles. The minimum Gasteiger partial charge on any atom is -0.481 e. The lowest BCUT2D eigenvalue weighted by atomic mass is 9.74. The molecule has 1 heterocycles. The summed E-state index contributed by atoms with van der Waals surface area (Å²) in [5.74, 6) is -4.94. The molecule has 2 fully saturated rings. The number of carbonyl (C=O) groups is 3. The molecule has 15 heteroatoms. The van der Waals surface area contributed by atoms with E-state index in [9.17, 15) is 50.2 Å². The molecule has 41 heavy (non-hydrogen) atoms. The maximum atomic E-state index is 14.4. The summed E-state index contributed by atoms with van der Waals surface area (Å²) in [6, 6.07) is 2.26. The van der Waals surface area contributed by atoms with Gasteiger partial charge in [-0.25, -0.2) is 4.39 Å². The maximum Gasteiger partial charge on any atom is 0.433 e. The number of rotatable bonds is 8. The number of benzene rings is 1. The first kappa shape index (κ1) is 30.8. The molecule has 0 aliphatic heterocycles. The first-order valence-electron chi connectivity index (χ1n) is 12.6. The fourth-order valence-electron chi connectivity index (χ4n) is 5.21. The lowest BCUT2D eigenvalue weighted by molar-refractivity contribution is -0.189. The van der Waals surface area contributed by atoms with Gasteiger partial charge in [-0.2, -0.15) is 31.4 Å². The number of carbonyl (C=O) groups excluding carboxylic acids is 2. The molecule has 2 aliphatic rings. The fourth-order valence-corrected chi connectivity index (χ4v) is 5.48. The van der Waals surface area contributed by atoms with E-state index in [-0.39, 0.29) is 30.7 Å². The van der Waals surface area contributed by atoms with Crippen LogP contribution in [0.15, 0.2) is 24.4 Å². The van der Waals surface area contributed by atoms with E-state index >= 15 is 0 Å². The number of carboxylic acid groups (broad SMARTS) is 1. The van der Waals surface area contributed by atoms with Crippen molar-refractivity contribution in [2.45, 2.75) is 63.8 Å². The van der Waals surface area contributed by atoms with E-state index in [1.165, 1.54) is 13.0 Å². The zero-order chi connectivity index (χ0) is 30.5. The lowest BCUT2D eigenvalue weighted by Gasteiger charge is -2.34. The summed E-state index contributed by atoms with van der Waals surface area (Å²) in [5.41, 5.74) is -6.89. The first-order valence-corrected chi connectivity index (χ1v) is 13.0. The van der Waals surface area contributed by atoms with Crippen LogP contribution in [0.3, 0.4) is 0 Å². The smallest absolute Gasteiger partial charge is 0.433 e. The number of hydrogen-bond donors (Lipinski definition) is 1. The average Bonchev–Trinajstić information content (AvgIpc) is 3.52. The van der Waals surface area contributed by atoms with Gasteiger partial charge in [0.25, 0.3) is 5.91 Å². The van der Waals surface area contributed by atoms with Gasteiger partial charge in [0.05, 0.1) is 45.8 Å². The standard InChI is InChI=1S/C26H25ClF7N3O4/c1-23(22(40)41)7-5-14(6-8-23)37-20(25(29,30)31)15(11-35-37)21(39)36(13-24(9-10-24)26(32,33)34)12-18(38)19-16(27)3-2-4-17(19)28/h2-4,11,14H,5-10,12-13H2,1H3,(H,40,41)/t14-,23-. The Hall–Kier alpha value is -3.16. The minimum atomic E-state index is -5.18. The van der Waals surface area contributed by atoms with E-state index < -0.39 is 95.5 Å². The highest BCUT2D eigenvalue weighted by Crippen LogP contribution is 2.58. The lowest BCUT2D eigenvalue weighted by Crippen LogP contribution is -2.44. The summed E-state index contributed by atoms with van der Waals surface area (Å²) in [5, 5.41) is 12.8. The van der Waals surface area contributed by atoms with Gasteiger partial charge in [-0.1, -0.05) is 17.7 Å². The van der Waals surface area contributed by atoms with Gasteiger partial charge in [0.1, 0.15) is 5.82 Å². The third-order valence-corrected chi connectivity index (χ3v) is 8.34. The van der Waals surface area contributed by atoms with Crippen LogP contribution in [0.25, 0.3) is 0 Å². The van der Waals surface area contributed by atoms with Gasteiger partial charge in [-0.05, 0) is 57.6 Å². The summed E-state index contributed by atoms with van der Waals surface area (Å²) in [7, 11) is 0. The molecule has 224 valence electrons. The molecule has 4 rings (SSSR count). The molecule has 0 spiro atoms. The van der Waals surface area contributed by atoms with Crippen LogP contribution in [-0.4, -0.2) is 56.7 Å². The van der Waals surface area contributed by atoms with E-state index in [4.69, 9.17) is 11.6 Å². The van der Waals surface area contributed by atoms with Crippen molar-refractivity contribution in [3.8, 4) is 0 Å². The van der Waals surface area contributed by atoms with Crippen LogP contribution in [0, 0.1) is 16.6 Å². The Labute approximate surface area is 234 Å². The number of aromatic nitrogens is 2. The molecule has 1 amide bonds. The second-order valence-corrected chi connectivity index (χ2v) is 11.3. The zero-order valence-corrected chi connectivity index (χ0v) is 22.3. The second kappa shape index (κ2) is 10.6. The number of hydrogen-bond acceptors (Lipinski definition) is 4. The molecule has 2 aromatic rings. The largest absolute Gasteiger partial charge is 0.481 e.